The highest BCUT2D eigenvalue weighted by Crippen LogP contribution is 2.47. The van der Waals surface area contributed by atoms with Crippen molar-refractivity contribution in [3.63, 3.8) is 0 Å². The number of carboxylic acid groups (broad SMARTS) is 1. The maximum Gasteiger partial charge on any atom is 0.434 e. The number of aliphatic hydroxyl groups excluding tert-OH is 2. The van der Waals surface area contributed by atoms with Crippen molar-refractivity contribution in [2.75, 3.05) is 6.61 Å². The van der Waals surface area contributed by atoms with Gasteiger partial charge in [-0.15, -0.1) is 27.8 Å². The first-order chi connectivity index (χ1) is 29.5. The van der Waals surface area contributed by atoms with Crippen molar-refractivity contribution in [3.8, 4) is 16.5 Å². The number of ether oxygens (including phenoxy) is 1. The first kappa shape index (κ1) is 51.6. The van der Waals surface area contributed by atoms with Crippen LogP contribution in [0.15, 0.2) is 57.7 Å². The van der Waals surface area contributed by atoms with E-state index in [0.717, 1.165) is 65.8 Å². The van der Waals surface area contributed by atoms with Crippen LogP contribution in [0, 0.1) is 38.5 Å². The number of hydrogen-bond donors (Lipinski definition) is 4. The van der Waals surface area contributed by atoms with E-state index in [-0.39, 0.29) is 40.8 Å². The summed E-state index contributed by atoms with van der Waals surface area (Å²) in [5, 5.41) is 36.2. The number of carbonyl (C=O) groups is 1. The second-order valence-corrected chi connectivity index (χ2v) is 21.7. The van der Waals surface area contributed by atoms with Gasteiger partial charge in [0.1, 0.15) is 12.4 Å². The Bertz CT molecular complexity index is 2330. The Morgan fingerprint density at radius 1 is 0.730 bits per heavy atom. The Morgan fingerprint density at radius 3 is 1.76 bits per heavy atom. The van der Waals surface area contributed by atoms with Gasteiger partial charge in [-0.2, -0.15) is 0 Å². The van der Waals surface area contributed by atoms with Crippen LogP contribution in [0.1, 0.15) is 161 Å². The zero-order valence-corrected chi connectivity index (χ0v) is 42.0. The van der Waals surface area contributed by atoms with Crippen LogP contribution in [-0.2, 0) is 28.5 Å². The third-order valence-corrected chi connectivity index (χ3v) is 16.1. The summed E-state index contributed by atoms with van der Waals surface area (Å²) >= 11 is 3.52. The van der Waals surface area contributed by atoms with E-state index in [0.29, 0.717) is 12.3 Å². The lowest BCUT2D eigenvalue weighted by atomic mass is 9.73. The summed E-state index contributed by atoms with van der Waals surface area (Å²) in [6.07, 6.45) is 5.47. The number of nitrogens with one attached hydrogen (secondary N) is 1. The highest BCUT2D eigenvalue weighted by molar-refractivity contribution is 7.15. The van der Waals surface area contributed by atoms with Gasteiger partial charge in [0.25, 0.3) is 5.89 Å². The minimum Gasteiger partial charge on any atom is -0.491 e. The normalized spacial score (nSPS) is 13.4. The molecule has 5 rings (SSSR count). The number of aromatic amines is 1. The van der Waals surface area contributed by atoms with Gasteiger partial charge in [-0.05, 0) is 141 Å². The molecule has 0 bridgehead atoms. The van der Waals surface area contributed by atoms with Crippen LogP contribution >= 0.6 is 22.7 Å². The molecular formula is C52H74N2O7S2. The Hall–Kier alpha value is -4.03. The van der Waals surface area contributed by atoms with Crippen LogP contribution in [0.4, 0.5) is 0 Å². The third-order valence-electron chi connectivity index (χ3n) is 13.2. The summed E-state index contributed by atoms with van der Waals surface area (Å²) in [4.78, 5) is 27.2. The van der Waals surface area contributed by atoms with E-state index >= 15 is 0 Å². The summed E-state index contributed by atoms with van der Waals surface area (Å²) in [5.41, 5.74) is 7.71. The molecule has 0 spiro atoms. The van der Waals surface area contributed by atoms with Gasteiger partial charge in [-0.25, -0.2) is 9.89 Å². The van der Waals surface area contributed by atoms with E-state index < -0.39 is 17.8 Å². The lowest BCUT2D eigenvalue weighted by molar-refractivity contribution is -0.136. The molecule has 11 heteroatoms. The Morgan fingerprint density at radius 2 is 1.27 bits per heavy atom. The monoisotopic (exact) mass is 902 g/mol. The SMILES string of the molecule is CCC(CC)(c1ccc(CCC(=O)O)c(C)c1)c1cc(C)c(CCC(O)C(C)(C)C)s1.CCC(CC)(c1ccc(OCC(O)C(C)(C)C)c(C)c1)c1cc(C)c(-c2n[nH]c(=O)o2)s1. The number of aliphatic hydroxyl groups is 2. The fourth-order valence-electron chi connectivity index (χ4n) is 8.30. The number of carboxylic acids is 1. The van der Waals surface area contributed by atoms with Gasteiger partial charge >= 0.3 is 11.7 Å². The topological polar surface area (TPSA) is 146 Å². The number of aromatic nitrogens is 2. The van der Waals surface area contributed by atoms with Gasteiger partial charge in [0, 0.05) is 31.9 Å². The van der Waals surface area contributed by atoms with Crippen molar-refractivity contribution in [2.24, 2.45) is 10.8 Å². The second-order valence-electron chi connectivity index (χ2n) is 19.5. The molecule has 346 valence electrons. The van der Waals surface area contributed by atoms with Gasteiger partial charge in [0.15, 0.2) is 0 Å². The maximum atomic E-state index is 11.4. The Kier molecular flexibility index (Phi) is 17.5. The first-order valence-electron chi connectivity index (χ1n) is 22.6. The largest absolute Gasteiger partial charge is 0.491 e. The fraction of sp³-hybridized carbons (Fsp3) is 0.558. The molecule has 0 saturated heterocycles. The number of aryl methyl sites for hydroxylation is 6. The van der Waals surface area contributed by atoms with Crippen LogP contribution in [0.25, 0.3) is 10.8 Å². The molecule has 0 aliphatic heterocycles. The van der Waals surface area contributed by atoms with E-state index in [9.17, 15) is 19.8 Å². The van der Waals surface area contributed by atoms with E-state index in [2.05, 4.69) is 115 Å². The zero-order chi connectivity index (χ0) is 47.1. The summed E-state index contributed by atoms with van der Waals surface area (Å²) in [5.74, 6) is -0.172. The molecule has 0 radical (unpaired) electrons. The molecule has 3 aromatic heterocycles. The van der Waals surface area contributed by atoms with Crippen molar-refractivity contribution in [1.29, 1.82) is 0 Å². The van der Waals surface area contributed by atoms with Gasteiger partial charge < -0.3 is 24.5 Å². The van der Waals surface area contributed by atoms with Crippen LogP contribution in [0.3, 0.4) is 0 Å². The maximum absolute atomic E-state index is 11.4. The van der Waals surface area contributed by atoms with Crippen molar-refractivity contribution < 1.29 is 29.3 Å². The van der Waals surface area contributed by atoms with Gasteiger partial charge in [0.2, 0.25) is 0 Å². The predicted molar refractivity (Wildman–Crippen MR) is 260 cm³/mol. The molecule has 0 aliphatic rings. The molecule has 2 atom stereocenters. The molecule has 4 N–H and O–H groups in total. The van der Waals surface area contributed by atoms with Crippen LogP contribution < -0.4 is 10.5 Å². The molecule has 0 aliphatic carbocycles. The molecule has 3 heterocycles. The van der Waals surface area contributed by atoms with E-state index in [1.54, 1.807) is 11.3 Å². The highest BCUT2D eigenvalue weighted by atomic mass is 32.1. The van der Waals surface area contributed by atoms with Crippen molar-refractivity contribution in [1.82, 2.24) is 10.2 Å². The number of hydrogen-bond acceptors (Lipinski definition) is 9. The first-order valence-corrected chi connectivity index (χ1v) is 24.3. The smallest absolute Gasteiger partial charge is 0.434 e. The molecular weight excluding hydrogens is 829 g/mol. The molecule has 9 nitrogen and oxygen atoms in total. The summed E-state index contributed by atoms with van der Waals surface area (Å²) in [6.45, 7) is 29.8. The number of rotatable bonds is 18. The number of aliphatic carboxylic acids is 1. The quantitative estimate of drug-likeness (QED) is 0.0680. The number of nitrogens with zero attached hydrogens (tertiary/aromatic N) is 1. The summed E-state index contributed by atoms with van der Waals surface area (Å²) in [7, 11) is 0. The summed E-state index contributed by atoms with van der Waals surface area (Å²) < 4.78 is 11.2. The fourth-order valence-corrected chi connectivity index (χ4v) is 11.3. The van der Waals surface area contributed by atoms with E-state index in [1.165, 1.54) is 36.9 Å². The number of thiophene rings is 2. The standard InChI is InChI=1S/C27H40O3S.C25H34N2O4S/c1-8-27(9-2,21-12-10-20(18(3)16-21)11-15-25(29)30)24-17-19(4)22(31-24)13-14-23(28)26(5,6)7;1-8-25(9-2,20-13-16(4)21(32-20)22-26-27-23(29)31-22)17-10-11-18(15(3)12-17)30-14-19(28)24(5,6)7/h10,12,16-17,23,28H,8-9,11,13-15H2,1-7H3,(H,29,30);10-13,19,28H,8-9,14H2,1-7H3,(H,27,29). The van der Waals surface area contributed by atoms with Crippen molar-refractivity contribution in [2.45, 2.75) is 171 Å². The molecule has 5 aromatic rings. The average Bonchev–Trinajstić information content (AvgIpc) is 3.94. The lowest BCUT2D eigenvalue weighted by Crippen LogP contribution is -2.32. The zero-order valence-electron chi connectivity index (χ0n) is 40.4. The minimum absolute atomic E-state index is 0.0353. The Balaban J connectivity index is 0.000000277. The van der Waals surface area contributed by atoms with Gasteiger partial charge in [-0.1, -0.05) is 99.6 Å². The van der Waals surface area contributed by atoms with Crippen molar-refractivity contribution >= 4 is 28.6 Å². The second kappa shape index (κ2) is 21.3. The predicted octanol–water partition coefficient (Wildman–Crippen LogP) is 12.4. The van der Waals surface area contributed by atoms with Crippen molar-refractivity contribution in [3.05, 3.63) is 113 Å². The number of H-pyrrole nitrogens is 1. The van der Waals surface area contributed by atoms with Crippen LogP contribution in [0.5, 0.6) is 5.75 Å². The molecule has 0 fully saturated rings. The molecule has 0 amide bonds. The van der Waals surface area contributed by atoms with Gasteiger partial charge in [-0.3, -0.25) is 4.79 Å². The number of benzene rings is 2. The third kappa shape index (κ3) is 12.2. The van der Waals surface area contributed by atoms with Crippen LogP contribution in [0.2, 0.25) is 0 Å². The average molecular weight is 903 g/mol. The minimum atomic E-state index is -0.752. The van der Waals surface area contributed by atoms with Crippen LogP contribution in [-0.4, -0.2) is 50.3 Å². The molecule has 63 heavy (non-hydrogen) atoms. The molecule has 0 saturated carbocycles. The highest BCUT2D eigenvalue weighted by Gasteiger charge is 2.35. The summed E-state index contributed by atoms with van der Waals surface area (Å²) in [6, 6.07) is 17.4. The van der Waals surface area contributed by atoms with Gasteiger partial charge in [0.05, 0.1) is 17.1 Å². The van der Waals surface area contributed by atoms with E-state index in [1.807, 2.05) is 52.0 Å². The van der Waals surface area contributed by atoms with E-state index in [4.69, 9.17) is 14.3 Å². The Labute approximate surface area is 384 Å². The molecule has 2 aromatic carbocycles. The molecule has 2 unspecified atom stereocenters. The lowest BCUT2D eigenvalue weighted by Gasteiger charge is -2.32.